The summed E-state index contributed by atoms with van der Waals surface area (Å²) in [5, 5.41) is 7.12. The first kappa shape index (κ1) is 15.2. The number of likely N-dealkylation sites (tertiary alicyclic amines) is 1. The van der Waals surface area contributed by atoms with Gasteiger partial charge in [-0.2, -0.15) is 0 Å². The molecule has 0 aromatic carbocycles. The van der Waals surface area contributed by atoms with Crippen molar-refractivity contribution in [2.75, 3.05) is 13.1 Å². The second kappa shape index (κ2) is 6.63. The number of rotatable bonds is 4. The molecule has 126 valence electrons. The van der Waals surface area contributed by atoms with Crippen LogP contribution in [0.2, 0.25) is 0 Å². The third-order valence-corrected chi connectivity index (χ3v) is 5.62. The molecule has 1 amide bonds. The number of hydrogen-bond donors (Lipinski definition) is 1. The molecule has 0 spiro atoms. The first-order valence-corrected chi connectivity index (χ1v) is 9.31. The lowest BCUT2D eigenvalue weighted by atomic mass is 9.92. The number of nitrogens with one attached hydrogen (secondary N) is 1. The van der Waals surface area contributed by atoms with Crippen LogP contribution in [0.5, 0.6) is 0 Å². The summed E-state index contributed by atoms with van der Waals surface area (Å²) in [5.41, 5.74) is 0.446. The lowest BCUT2D eigenvalue weighted by Gasteiger charge is -2.40. The van der Waals surface area contributed by atoms with E-state index >= 15 is 0 Å². The van der Waals surface area contributed by atoms with Crippen molar-refractivity contribution in [3.05, 3.63) is 17.5 Å². The molecule has 0 unspecified atom stereocenters. The van der Waals surface area contributed by atoms with Gasteiger partial charge in [-0.3, -0.25) is 9.69 Å². The first-order valence-electron chi connectivity index (χ1n) is 9.31. The Morgan fingerprint density at radius 2 is 1.96 bits per heavy atom. The van der Waals surface area contributed by atoms with Crippen molar-refractivity contribution >= 4 is 5.91 Å². The third kappa shape index (κ3) is 3.60. The van der Waals surface area contributed by atoms with Crippen LogP contribution in [-0.2, 0) is 0 Å². The summed E-state index contributed by atoms with van der Waals surface area (Å²) in [5.74, 6) is 1.30. The van der Waals surface area contributed by atoms with Crippen molar-refractivity contribution in [1.82, 2.24) is 15.4 Å². The van der Waals surface area contributed by atoms with E-state index in [1.54, 1.807) is 0 Å². The molecule has 23 heavy (non-hydrogen) atoms. The maximum absolute atomic E-state index is 12.4. The summed E-state index contributed by atoms with van der Waals surface area (Å²) >= 11 is 0. The van der Waals surface area contributed by atoms with E-state index in [1.165, 1.54) is 45.1 Å². The Bertz CT molecular complexity index is 546. The van der Waals surface area contributed by atoms with Crippen LogP contribution in [0.15, 0.2) is 10.6 Å². The number of piperidine rings is 1. The summed E-state index contributed by atoms with van der Waals surface area (Å²) < 4.78 is 5.29. The van der Waals surface area contributed by atoms with Crippen LogP contribution >= 0.6 is 0 Å². The fourth-order valence-electron chi connectivity index (χ4n) is 4.12. The van der Waals surface area contributed by atoms with Crippen LogP contribution in [0.1, 0.15) is 80.0 Å². The van der Waals surface area contributed by atoms with E-state index in [1.807, 2.05) is 6.07 Å². The summed E-state index contributed by atoms with van der Waals surface area (Å²) in [7, 11) is 0. The highest BCUT2D eigenvalue weighted by Gasteiger charge is 2.31. The van der Waals surface area contributed by atoms with Gasteiger partial charge in [-0.15, -0.1) is 0 Å². The summed E-state index contributed by atoms with van der Waals surface area (Å²) in [6.45, 7) is 2.18. The molecule has 4 rings (SSSR count). The molecule has 1 atom stereocenters. The Labute approximate surface area is 137 Å². The zero-order valence-electron chi connectivity index (χ0n) is 13.8. The molecule has 1 N–H and O–H groups in total. The van der Waals surface area contributed by atoms with E-state index < -0.39 is 0 Å². The minimum absolute atomic E-state index is 0.0730. The molecule has 0 radical (unpaired) electrons. The Morgan fingerprint density at radius 1 is 1.13 bits per heavy atom. The van der Waals surface area contributed by atoms with E-state index in [0.717, 1.165) is 37.6 Å². The average molecular weight is 317 g/mol. The van der Waals surface area contributed by atoms with Gasteiger partial charge in [0.05, 0.1) is 0 Å². The van der Waals surface area contributed by atoms with Gasteiger partial charge in [0.15, 0.2) is 5.69 Å². The number of hydrogen-bond acceptors (Lipinski definition) is 4. The number of amides is 1. The first-order chi connectivity index (χ1) is 11.3. The zero-order chi connectivity index (χ0) is 15.6. The minimum Gasteiger partial charge on any atom is -0.360 e. The highest BCUT2D eigenvalue weighted by Crippen LogP contribution is 2.40. The van der Waals surface area contributed by atoms with Crippen molar-refractivity contribution in [3.63, 3.8) is 0 Å². The van der Waals surface area contributed by atoms with E-state index in [9.17, 15) is 4.79 Å². The van der Waals surface area contributed by atoms with Gasteiger partial charge in [-0.05, 0) is 45.1 Å². The molecule has 2 aliphatic carbocycles. The molecule has 1 aromatic heterocycles. The maximum atomic E-state index is 12.4. The standard InChI is InChI=1S/C18H27N3O2/c22-18(16-11-17(23-20-16)13-8-9-13)19-14-5-4-10-21(12-14)15-6-2-1-3-7-15/h11,13-15H,1-10,12H2,(H,19,22)/t14-/m0/s1. The van der Waals surface area contributed by atoms with Gasteiger partial charge in [0, 0.05) is 30.6 Å². The van der Waals surface area contributed by atoms with Crippen LogP contribution in [-0.4, -0.2) is 41.1 Å². The van der Waals surface area contributed by atoms with Gasteiger partial charge in [0.1, 0.15) is 5.76 Å². The fourth-order valence-corrected chi connectivity index (χ4v) is 4.12. The topological polar surface area (TPSA) is 58.4 Å². The molecule has 3 fully saturated rings. The Balaban J connectivity index is 1.32. The molecule has 1 saturated heterocycles. The minimum atomic E-state index is -0.0730. The monoisotopic (exact) mass is 317 g/mol. The van der Waals surface area contributed by atoms with Crippen LogP contribution in [0, 0.1) is 0 Å². The molecule has 0 bridgehead atoms. The van der Waals surface area contributed by atoms with Gasteiger partial charge in [-0.25, -0.2) is 0 Å². The fraction of sp³-hybridized carbons (Fsp3) is 0.778. The number of carbonyl (C=O) groups excluding carboxylic acids is 1. The Hall–Kier alpha value is -1.36. The summed E-state index contributed by atoms with van der Waals surface area (Å²) in [6, 6.07) is 2.81. The van der Waals surface area contributed by atoms with Gasteiger partial charge in [0.25, 0.3) is 5.91 Å². The Kier molecular flexibility index (Phi) is 4.38. The molecule has 2 heterocycles. The van der Waals surface area contributed by atoms with Gasteiger partial charge < -0.3 is 9.84 Å². The second-order valence-corrected chi connectivity index (χ2v) is 7.49. The van der Waals surface area contributed by atoms with Gasteiger partial charge >= 0.3 is 0 Å². The lowest BCUT2D eigenvalue weighted by molar-refractivity contribution is 0.0828. The average Bonchev–Trinajstić information content (AvgIpc) is 3.33. The zero-order valence-corrected chi connectivity index (χ0v) is 13.8. The van der Waals surface area contributed by atoms with Crippen LogP contribution in [0.25, 0.3) is 0 Å². The predicted octanol–water partition coefficient (Wildman–Crippen LogP) is 3.08. The summed E-state index contributed by atoms with van der Waals surface area (Å²) in [4.78, 5) is 15.0. The number of carbonyl (C=O) groups is 1. The van der Waals surface area contributed by atoms with Crippen LogP contribution < -0.4 is 5.32 Å². The smallest absolute Gasteiger partial charge is 0.273 e. The third-order valence-electron chi connectivity index (χ3n) is 5.62. The second-order valence-electron chi connectivity index (χ2n) is 7.49. The molecular weight excluding hydrogens is 290 g/mol. The SMILES string of the molecule is O=C(N[C@H]1CCCN(C2CCCCC2)C1)c1cc(C2CC2)on1. The lowest BCUT2D eigenvalue weighted by Crippen LogP contribution is -2.51. The largest absolute Gasteiger partial charge is 0.360 e. The molecule has 1 aliphatic heterocycles. The normalized spacial score (nSPS) is 27.0. The Morgan fingerprint density at radius 3 is 2.74 bits per heavy atom. The van der Waals surface area contributed by atoms with Crippen molar-refractivity contribution < 1.29 is 9.32 Å². The van der Waals surface area contributed by atoms with Crippen molar-refractivity contribution in [2.24, 2.45) is 0 Å². The highest BCUT2D eigenvalue weighted by molar-refractivity contribution is 5.92. The molecular formula is C18H27N3O2. The van der Waals surface area contributed by atoms with Gasteiger partial charge in [0.2, 0.25) is 0 Å². The molecule has 2 saturated carbocycles. The molecule has 5 nitrogen and oxygen atoms in total. The van der Waals surface area contributed by atoms with Crippen LogP contribution in [0.4, 0.5) is 0 Å². The number of nitrogens with zero attached hydrogens (tertiary/aromatic N) is 2. The van der Waals surface area contributed by atoms with E-state index in [2.05, 4.69) is 15.4 Å². The molecule has 5 heteroatoms. The van der Waals surface area contributed by atoms with Crippen LogP contribution in [0.3, 0.4) is 0 Å². The van der Waals surface area contributed by atoms with E-state index in [4.69, 9.17) is 4.52 Å². The highest BCUT2D eigenvalue weighted by atomic mass is 16.5. The van der Waals surface area contributed by atoms with Gasteiger partial charge in [-0.1, -0.05) is 24.4 Å². The van der Waals surface area contributed by atoms with E-state index in [-0.39, 0.29) is 11.9 Å². The van der Waals surface area contributed by atoms with Crippen molar-refractivity contribution in [3.8, 4) is 0 Å². The number of aromatic nitrogens is 1. The molecule has 3 aliphatic rings. The van der Waals surface area contributed by atoms with Crippen molar-refractivity contribution in [2.45, 2.75) is 75.8 Å². The maximum Gasteiger partial charge on any atom is 0.273 e. The van der Waals surface area contributed by atoms with E-state index in [0.29, 0.717) is 11.6 Å². The van der Waals surface area contributed by atoms with Crippen molar-refractivity contribution in [1.29, 1.82) is 0 Å². The quantitative estimate of drug-likeness (QED) is 0.927. The molecule has 1 aromatic rings. The summed E-state index contributed by atoms with van der Waals surface area (Å²) in [6.07, 6.45) is 11.3. The predicted molar refractivity (Wildman–Crippen MR) is 87.4 cm³/mol.